The summed E-state index contributed by atoms with van der Waals surface area (Å²) >= 11 is 0. The first-order chi connectivity index (χ1) is 14.3. The third-order valence-electron chi connectivity index (χ3n) is 5.88. The van der Waals surface area contributed by atoms with Crippen LogP contribution in [0.3, 0.4) is 0 Å². The molecule has 1 aliphatic heterocycles. The van der Waals surface area contributed by atoms with Gasteiger partial charge in [0.15, 0.2) is 0 Å². The second-order valence-electron chi connectivity index (χ2n) is 7.95. The zero-order valence-electron chi connectivity index (χ0n) is 17.3. The quantitative estimate of drug-likeness (QED) is 0.583. The third kappa shape index (κ3) is 5.63. The Morgan fingerprint density at radius 2 is 1.70 bits per heavy atom. The molecule has 0 N–H and O–H groups in total. The summed E-state index contributed by atoms with van der Waals surface area (Å²) in [5, 5.41) is 0. The molecule has 1 fully saturated rings. The van der Waals surface area contributed by atoms with Crippen molar-refractivity contribution in [3.05, 3.63) is 71.3 Å². The van der Waals surface area contributed by atoms with E-state index in [2.05, 4.69) is 17.0 Å². The largest absolute Gasteiger partial charge is 0.466 e. The van der Waals surface area contributed by atoms with Gasteiger partial charge in [-0.1, -0.05) is 48.5 Å². The first-order valence-corrected chi connectivity index (χ1v) is 10.4. The van der Waals surface area contributed by atoms with Gasteiger partial charge in [0, 0.05) is 6.54 Å². The van der Waals surface area contributed by atoms with Gasteiger partial charge in [0.2, 0.25) is 0 Å². The minimum atomic E-state index is -4.39. The minimum absolute atomic E-state index is 0.265. The number of alkyl halides is 3. The van der Waals surface area contributed by atoms with E-state index >= 15 is 0 Å². The molecule has 2 aromatic carbocycles. The number of halogens is 3. The van der Waals surface area contributed by atoms with Gasteiger partial charge in [-0.3, -0.25) is 4.79 Å². The summed E-state index contributed by atoms with van der Waals surface area (Å²) < 4.78 is 44.6. The molecule has 162 valence electrons. The average Bonchev–Trinajstić information content (AvgIpc) is 2.74. The van der Waals surface area contributed by atoms with Gasteiger partial charge in [-0.05, 0) is 62.9 Å². The van der Waals surface area contributed by atoms with E-state index in [0.717, 1.165) is 38.2 Å². The van der Waals surface area contributed by atoms with Crippen LogP contribution in [0.5, 0.6) is 0 Å². The first kappa shape index (κ1) is 22.3. The molecule has 0 spiro atoms. The Labute approximate surface area is 175 Å². The van der Waals surface area contributed by atoms with Crippen LogP contribution in [-0.2, 0) is 28.5 Å². The molecular formula is C24H28F3NO2. The lowest BCUT2D eigenvalue weighted by atomic mass is 9.73. The molecule has 0 bridgehead atoms. The minimum Gasteiger partial charge on any atom is -0.466 e. The number of hydrogen-bond acceptors (Lipinski definition) is 3. The van der Waals surface area contributed by atoms with E-state index < -0.39 is 17.2 Å². The highest BCUT2D eigenvalue weighted by Gasteiger charge is 2.43. The van der Waals surface area contributed by atoms with E-state index in [0.29, 0.717) is 18.4 Å². The van der Waals surface area contributed by atoms with Crippen LogP contribution in [0.25, 0.3) is 0 Å². The molecule has 0 aliphatic carbocycles. The number of esters is 1. The number of carbonyl (C=O) groups is 1. The maximum atomic E-state index is 13.1. The Bertz CT molecular complexity index is 828. The molecule has 0 atom stereocenters. The van der Waals surface area contributed by atoms with Crippen LogP contribution in [0.2, 0.25) is 0 Å². The predicted octanol–water partition coefficient (Wildman–Crippen LogP) is 5.14. The summed E-state index contributed by atoms with van der Waals surface area (Å²) in [5.41, 5.74) is 0.336. The fourth-order valence-corrected chi connectivity index (χ4v) is 4.12. The van der Waals surface area contributed by atoms with Crippen molar-refractivity contribution in [2.24, 2.45) is 5.41 Å². The molecule has 0 radical (unpaired) electrons. The Balaban J connectivity index is 1.69. The zero-order valence-corrected chi connectivity index (χ0v) is 17.3. The highest BCUT2D eigenvalue weighted by molar-refractivity contribution is 5.77. The molecule has 6 heteroatoms. The Morgan fingerprint density at radius 3 is 2.33 bits per heavy atom. The number of likely N-dealkylation sites (tertiary alicyclic amines) is 1. The molecule has 0 amide bonds. The Hall–Kier alpha value is -2.34. The van der Waals surface area contributed by atoms with Crippen molar-refractivity contribution in [1.29, 1.82) is 0 Å². The topological polar surface area (TPSA) is 29.5 Å². The second-order valence-corrected chi connectivity index (χ2v) is 7.95. The smallest absolute Gasteiger partial charge is 0.416 e. The molecule has 1 aliphatic rings. The number of carbonyl (C=O) groups excluding carboxylic acids is 1. The lowest BCUT2D eigenvalue weighted by molar-refractivity contribution is -0.158. The Kier molecular flexibility index (Phi) is 7.19. The van der Waals surface area contributed by atoms with Gasteiger partial charge in [0.05, 0.1) is 17.6 Å². The number of hydrogen-bond donors (Lipinski definition) is 0. The lowest BCUT2D eigenvalue weighted by Crippen LogP contribution is -2.47. The van der Waals surface area contributed by atoms with Crippen molar-refractivity contribution in [2.45, 2.75) is 38.8 Å². The van der Waals surface area contributed by atoms with E-state index in [9.17, 15) is 18.0 Å². The van der Waals surface area contributed by atoms with Crippen molar-refractivity contribution < 1.29 is 22.7 Å². The molecule has 3 nitrogen and oxygen atoms in total. The summed E-state index contributed by atoms with van der Waals surface area (Å²) in [6, 6.07) is 15.5. The normalized spacial score (nSPS) is 16.9. The van der Waals surface area contributed by atoms with Gasteiger partial charge < -0.3 is 9.64 Å². The monoisotopic (exact) mass is 419 g/mol. The summed E-state index contributed by atoms with van der Waals surface area (Å²) in [6.07, 6.45) is -2.04. The van der Waals surface area contributed by atoms with Crippen LogP contribution < -0.4 is 0 Å². The lowest BCUT2D eigenvalue weighted by Gasteiger charge is -2.40. The summed E-state index contributed by atoms with van der Waals surface area (Å²) in [5.74, 6) is -0.301. The van der Waals surface area contributed by atoms with Crippen LogP contribution in [0.1, 0.15) is 36.5 Å². The highest BCUT2D eigenvalue weighted by Crippen LogP contribution is 2.38. The number of rotatable bonds is 7. The number of benzene rings is 2. The third-order valence-corrected chi connectivity index (χ3v) is 5.88. The molecule has 1 saturated heterocycles. The molecule has 0 unspecified atom stereocenters. The maximum absolute atomic E-state index is 13.1. The van der Waals surface area contributed by atoms with Crippen LogP contribution >= 0.6 is 0 Å². The van der Waals surface area contributed by atoms with Gasteiger partial charge in [0.25, 0.3) is 0 Å². The summed E-state index contributed by atoms with van der Waals surface area (Å²) in [7, 11) is 0. The van der Waals surface area contributed by atoms with E-state index in [1.165, 1.54) is 11.6 Å². The summed E-state index contributed by atoms with van der Waals surface area (Å²) in [4.78, 5) is 15.1. The Morgan fingerprint density at radius 1 is 1.03 bits per heavy atom. The number of ether oxygens (including phenoxy) is 1. The molecule has 30 heavy (non-hydrogen) atoms. The van der Waals surface area contributed by atoms with Gasteiger partial charge in [0.1, 0.15) is 0 Å². The van der Waals surface area contributed by atoms with Gasteiger partial charge in [-0.15, -0.1) is 0 Å². The maximum Gasteiger partial charge on any atom is 0.416 e. The van der Waals surface area contributed by atoms with Crippen molar-refractivity contribution in [1.82, 2.24) is 4.90 Å². The van der Waals surface area contributed by atoms with E-state index in [1.807, 2.05) is 18.2 Å². The number of nitrogens with zero attached hydrogens (tertiary/aromatic N) is 1. The van der Waals surface area contributed by atoms with Crippen LogP contribution in [0.15, 0.2) is 54.6 Å². The fourth-order valence-electron chi connectivity index (χ4n) is 4.12. The van der Waals surface area contributed by atoms with Crippen molar-refractivity contribution in [3.8, 4) is 0 Å². The molecule has 0 aromatic heterocycles. The molecule has 0 saturated carbocycles. The van der Waals surface area contributed by atoms with E-state index in [-0.39, 0.29) is 19.0 Å². The first-order valence-electron chi connectivity index (χ1n) is 10.4. The molecule has 3 rings (SSSR count). The molecular weight excluding hydrogens is 391 g/mol. The van der Waals surface area contributed by atoms with Gasteiger partial charge >= 0.3 is 12.1 Å². The van der Waals surface area contributed by atoms with Crippen LogP contribution in [0.4, 0.5) is 13.2 Å². The van der Waals surface area contributed by atoms with Crippen molar-refractivity contribution >= 4 is 5.97 Å². The molecule has 2 aromatic rings. The van der Waals surface area contributed by atoms with E-state index in [4.69, 9.17) is 4.74 Å². The van der Waals surface area contributed by atoms with Gasteiger partial charge in [-0.25, -0.2) is 0 Å². The number of piperidine rings is 1. The fraction of sp³-hybridized carbons (Fsp3) is 0.458. The zero-order chi connectivity index (χ0) is 21.6. The SMILES string of the molecule is CCOC(=O)C1(Cc2cccc(C(F)(F)F)c2)CCN(CCc2ccccc2)CC1. The molecule has 1 heterocycles. The van der Waals surface area contributed by atoms with Crippen molar-refractivity contribution in [3.63, 3.8) is 0 Å². The highest BCUT2D eigenvalue weighted by atomic mass is 19.4. The standard InChI is InChI=1S/C24H28F3NO2/c1-2-30-22(29)23(18-20-9-6-10-21(17-20)24(25,26)27)12-15-28(16-13-23)14-11-19-7-4-3-5-8-19/h3-10,17H,2,11-16,18H2,1H3. The summed E-state index contributed by atoms with van der Waals surface area (Å²) in [6.45, 7) is 4.37. The second kappa shape index (κ2) is 9.65. The van der Waals surface area contributed by atoms with Crippen LogP contribution in [0, 0.1) is 5.41 Å². The van der Waals surface area contributed by atoms with Gasteiger partial charge in [-0.2, -0.15) is 13.2 Å². The van der Waals surface area contributed by atoms with E-state index in [1.54, 1.807) is 13.0 Å². The average molecular weight is 419 g/mol. The van der Waals surface area contributed by atoms with Crippen LogP contribution in [-0.4, -0.2) is 37.1 Å². The predicted molar refractivity (Wildman–Crippen MR) is 110 cm³/mol. The van der Waals surface area contributed by atoms with Crippen molar-refractivity contribution in [2.75, 3.05) is 26.2 Å².